The molecule has 0 aliphatic carbocycles. The number of cyclic esters (lactones) is 1. The van der Waals surface area contributed by atoms with E-state index >= 15 is 0 Å². The third-order valence-corrected chi connectivity index (χ3v) is 3.32. The first-order valence-corrected chi connectivity index (χ1v) is 8.45. The number of hydrogen-bond donors (Lipinski definition) is 4. The molecule has 4 N–H and O–H groups in total. The quantitative estimate of drug-likeness (QED) is 0.249. The molecule has 0 unspecified atom stereocenters. The Morgan fingerprint density at radius 3 is 2.55 bits per heavy atom. The first kappa shape index (κ1) is 18.9. The molecule has 0 fully saturated rings. The predicted molar refractivity (Wildman–Crippen MR) is 73.2 cm³/mol. The molecule has 0 aromatic carbocycles. The Morgan fingerprint density at radius 1 is 1.32 bits per heavy atom. The number of esters is 1. The lowest BCUT2D eigenvalue weighted by Gasteiger charge is -2.18. The first-order valence-electron chi connectivity index (χ1n) is 6.92. The normalized spacial score (nSPS) is 20.0. The summed E-state index contributed by atoms with van der Waals surface area (Å²) in [4.78, 5) is 29.2. The summed E-state index contributed by atoms with van der Waals surface area (Å²) in [5, 5.41) is 18.6. The Morgan fingerprint density at radius 2 is 2.00 bits per heavy atom. The Labute approximate surface area is 127 Å². The third-order valence-electron chi connectivity index (χ3n) is 2.90. The van der Waals surface area contributed by atoms with Crippen molar-refractivity contribution in [1.82, 2.24) is 0 Å². The minimum Gasteiger partial charge on any atom is -0.490 e. The van der Waals surface area contributed by atoms with Gasteiger partial charge in [0.05, 0.1) is 13.2 Å². The highest BCUT2D eigenvalue weighted by Gasteiger charge is 2.44. The van der Waals surface area contributed by atoms with Gasteiger partial charge in [-0.2, -0.15) is 0 Å². The van der Waals surface area contributed by atoms with Crippen LogP contribution in [-0.4, -0.2) is 51.4 Å². The summed E-state index contributed by atoms with van der Waals surface area (Å²) in [6, 6.07) is 0. The minimum atomic E-state index is -4.99. The molecule has 0 radical (unpaired) electrons. The fourth-order valence-electron chi connectivity index (χ4n) is 1.86. The molecule has 1 heterocycles. The monoisotopic (exact) mass is 340 g/mol. The topological polar surface area (TPSA) is 143 Å². The lowest BCUT2D eigenvalue weighted by atomic mass is 10.2. The zero-order valence-corrected chi connectivity index (χ0v) is 13.1. The minimum absolute atomic E-state index is 0.161. The third kappa shape index (κ3) is 5.58. The molecule has 0 bridgehead atoms. The Bertz CT molecular complexity index is 456. The Hall–Kier alpha value is -1.12. The number of carbonyl (C=O) groups is 1. The Kier molecular flexibility index (Phi) is 7.31. The molecule has 1 aliphatic rings. The number of phosphoric ester groups is 1. The van der Waals surface area contributed by atoms with E-state index in [2.05, 4.69) is 4.52 Å². The van der Waals surface area contributed by atoms with Gasteiger partial charge >= 0.3 is 13.8 Å². The summed E-state index contributed by atoms with van der Waals surface area (Å²) in [5.41, 5.74) is 0. The molecule has 2 atom stereocenters. The summed E-state index contributed by atoms with van der Waals surface area (Å²) in [7, 11) is -4.99. The van der Waals surface area contributed by atoms with Crippen LogP contribution in [-0.2, 0) is 23.4 Å². The van der Waals surface area contributed by atoms with Gasteiger partial charge < -0.3 is 24.2 Å². The molecule has 0 aromatic rings. The number of aliphatic hydroxyl groups excluding tert-OH is 2. The summed E-state index contributed by atoms with van der Waals surface area (Å²) in [6.45, 7) is 1.48. The molecular formula is C12H21O9P. The van der Waals surface area contributed by atoms with Crippen LogP contribution < -0.4 is 0 Å². The molecule has 1 rings (SSSR count). The van der Waals surface area contributed by atoms with Crippen molar-refractivity contribution < 1.29 is 43.4 Å². The second-order valence-corrected chi connectivity index (χ2v) is 5.92. The van der Waals surface area contributed by atoms with Crippen molar-refractivity contribution in [3.8, 4) is 0 Å². The van der Waals surface area contributed by atoms with E-state index in [1.807, 2.05) is 6.92 Å². The number of rotatable bonds is 10. The van der Waals surface area contributed by atoms with Crippen LogP contribution in [0.4, 0.5) is 0 Å². The summed E-state index contributed by atoms with van der Waals surface area (Å²) in [6.07, 6.45) is 0.698. The molecule has 0 amide bonds. The largest absolute Gasteiger partial charge is 0.525 e. The number of ether oxygens (including phenoxy) is 2. The highest BCUT2D eigenvalue weighted by atomic mass is 31.2. The van der Waals surface area contributed by atoms with Crippen LogP contribution in [0.3, 0.4) is 0 Å². The van der Waals surface area contributed by atoms with Crippen LogP contribution in [0.1, 0.15) is 32.6 Å². The van der Waals surface area contributed by atoms with Crippen molar-refractivity contribution in [3.05, 3.63) is 11.5 Å². The summed E-state index contributed by atoms with van der Waals surface area (Å²) in [5.74, 6) is -2.25. The highest BCUT2D eigenvalue weighted by molar-refractivity contribution is 7.46. The van der Waals surface area contributed by atoms with Crippen molar-refractivity contribution in [3.63, 3.8) is 0 Å². The summed E-state index contributed by atoms with van der Waals surface area (Å²) >= 11 is 0. The molecule has 128 valence electrons. The molecule has 0 spiro atoms. The first-order chi connectivity index (χ1) is 10.3. The van der Waals surface area contributed by atoms with E-state index < -0.39 is 38.4 Å². The van der Waals surface area contributed by atoms with Gasteiger partial charge in [-0.1, -0.05) is 26.2 Å². The molecule has 1 aliphatic heterocycles. The molecule has 0 saturated heterocycles. The van der Waals surface area contributed by atoms with E-state index in [0.717, 1.165) is 19.3 Å². The van der Waals surface area contributed by atoms with E-state index in [1.165, 1.54) is 0 Å². The van der Waals surface area contributed by atoms with E-state index in [4.69, 9.17) is 24.4 Å². The van der Waals surface area contributed by atoms with Crippen LogP contribution >= 0.6 is 7.82 Å². The standard InChI is InChI=1S/C12H21O9P/c1-2-3-4-5-6-19-10-9(8(14)7-13)20-12(15)11(10)21-22(16,17)18/h8-9,13-14H,2-7H2,1H3,(H2,16,17,18)/t8-,9+/m0/s1. The maximum absolute atomic E-state index is 11.6. The van der Waals surface area contributed by atoms with Crippen LogP contribution in [0.25, 0.3) is 0 Å². The van der Waals surface area contributed by atoms with Crippen molar-refractivity contribution in [2.24, 2.45) is 0 Å². The maximum atomic E-state index is 11.6. The average Bonchev–Trinajstić information content (AvgIpc) is 2.73. The molecule has 22 heavy (non-hydrogen) atoms. The summed E-state index contributed by atoms with van der Waals surface area (Å²) < 4.78 is 25.2. The molecule has 10 heteroatoms. The fraction of sp³-hybridized carbons (Fsp3) is 0.750. The molecule has 9 nitrogen and oxygen atoms in total. The van der Waals surface area contributed by atoms with E-state index in [-0.39, 0.29) is 12.4 Å². The zero-order valence-electron chi connectivity index (χ0n) is 12.2. The SMILES string of the molecule is CCCCCCOC1=C(OP(=O)(O)O)C(=O)O[C@@H]1[C@@H](O)CO. The second kappa shape index (κ2) is 8.50. The van der Waals surface area contributed by atoms with E-state index in [1.54, 1.807) is 0 Å². The van der Waals surface area contributed by atoms with Crippen molar-refractivity contribution in [1.29, 1.82) is 0 Å². The zero-order chi connectivity index (χ0) is 16.8. The number of phosphoric acid groups is 1. The molecular weight excluding hydrogens is 319 g/mol. The highest BCUT2D eigenvalue weighted by Crippen LogP contribution is 2.42. The van der Waals surface area contributed by atoms with Crippen molar-refractivity contribution in [2.45, 2.75) is 44.8 Å². The average molecular weight is 340 g/mol. The fourth-order valence-corrected chi connectivity index (χ4v) is 2.26. The van der Waals surface area contributed by atoms with Crippen LogP contribution in [0.2, 0.25) is 0 Å². The van der Waals surface area contributed by atoms with Gasteiger partial charge in [-0.3, -0.25) is 9.79 Å². The number of aliphatic hydroxyl groups is 2. The van der Waals surface area contributed by atoms with Gasteiger partial charge in [0.1, 0.15) is 6.10 Å². The van der Waals surface area contributed by atoms with Gasteiger partial charge in [-0.15, -0.1) is 0 Å². The van der Waals surface area contributed by atoms with Crippen LogP contribution in [0, 0.1) is 0 Å². The van der Waals surface area contributed by atoms with Crippen LogP contribution in [0.5, 0.6) is 0 Å². The second-order valence-electron chi connectivity index (χ2n) is 4.76. The van der Waals surface area contributed by atoms with Crippen LogP contribution in [0.15, 0.2) is 11.5 Å². The molecule has 0 saturated carbocycles. The van der Waals surface area contributed by atoms with Crippen molar-refractivity contribution in [2.75, 3.05) is 13.2 Å². The van der Waals surface area contributed by atoms with Gasteiger partial charge in [0, 0.05) is 0 Å². The van der Waals surface area contributed by atoms with Crippen molar-refractivity contribution >= 4 is 13.8 Å². The number of hydrogen-bond acceptors (Lipinski definition) is 7. The lowest BCUT2D eigenvalue weighted by molar-refractivity contribution is -0.148. The van der Waals surface area contributed by atoms with E-state index in [9.17, 15) is 14.5 Å². The Balaban J connectivity index is 2.85. The van der Waals surface area contributed by atoms with Gasteiger partial charge in [0.15, 0.2) is 11.9 Å². The number of carbonyl (C=O) groups excluding carboxylic acids is 1. The van der Waals surface area contributed by atoms with Gasteiger partial charge in [-0.25, -0.2) is 9.36 Å². The number of unbranched alkanes of at least 4 members (excludes halogenated alkanes) is 3. The predicted octanol–water partition coefficient (Wildman–Crippen LogP) is 0.183. The molecule has 0 aromatic heterocycles. The van der Waals surface area contributed by atoms with E-state index in [0.29, 0.717) is 6.42 Å². The van der Waals surface area contributed by atoms with Gasteiger partial charge in [-0.05, 0) is 6.42 Å². The maximum Gasteiger partial charge on any atom is 0.525 e. The van der Waals surface area contributed by atoms with Gasteiger partial charge in [0.25, 0.3) is 5.76 Å². The lowest BCUT2D eigenvalue weighted by Crippen LogP contribution is -2.32. The smallest absolute Gasteiger partial charge is 0.490 e. The van der Waals surface area contributed by atoms with Gasteiger partial charge in [0.2, 0.25) is 0 Å².